The van der Waals surface area contributed by atoms with Crippen molar-refractivity contribution >= 4 is 0 Å². The van der Waals surface area contributed by atoms with Gasteiger partial charge < -0.3 is 5.11 Å². The van der Waals surface area contributed by atoms with E-state index < -0.39 is 0 Å². The number of rotatable bonds is 5. The summed E-state index contributed by atoms with van der Waals surface area (Å²) in [5.41, 5.74) is 6.63. The summed E-state index contributed by atoms with van der Waals surface area (Å²) in [5, 5.41) is 9.66. The minimum Gasteiger partial charge on any atom is -0.396 e. The zero-order valence-electron chi connectivity index (χ0n) is 12.7. The van der Waals surface area contributed by atoms with Crippen LogP contribution in [0.5, 0.6) is 0 Å². The van der Waals surface area contributed by atoms with Crippen LogP contribution in [0.1, 0.15) is 27.8 Å². The molecule has 0 bridgehead atoms. The first kappa shape index (κ1) is 14.8. The summed E-state index contributed by atoms with van der Waals surface area (Å²) >= 11 is 0. The maximum atomic E-state index is 9.66. The lowest BCUT2D eigenvalue weighted by Gasteiger charge is -2.16. The molecular formula is C19H24O. The van der Waals surface area contributed by atoms with E-state index in [-0.39, 0.29) is 6.61 Å². The van der Waals surface area contributed by atoms with Crippen molar-refractivity contribution in [3.63, 3.8) is 0 Å². The Bertz CT molecular complexity index is 572. The average Bonchev–Trinajstić information content (AvgIpc) is 2.44. The van der Waals surface area contributed by atoms with Gasteiger partial charge in [-0.15, -0.1) is 0 Å². The van der Waals surface area contributed by atoms with Crippen LogP contribution in [0.3, 0.4) is 0 Å². The molecule has 1 atom stereocenters. The molecule has 2 aromatic rings. The Morgan fingerprint density at radius 2 is 1.60 bits per heavy atom. The van der Waals surface area contributed by atoms with E-state index in [1.54, 1.807) is 0 Å². The fraction of sp³-hybridized carbons (Fsp3) is 0.368. The number of hydrogen-bond acceptors (Lipinski definition) is 1. The SMILES string of the molecule is Cc1ccc(CC(CO)Cc2ccccc2C)cc1C. The van der Waals surface area contributed by atoms with Crippen LogP contribution >= 0.6 is 0 Å². The smallest absolute Gasteiger partial charge is 0.0465 e. The van der Waals surface area contributed by atoms with E-state index in [0.29, 0.717) is 5.92 Å². The lowest BCUT2D eigenvalue weighted by atomic mass is 9.90. The van der Waals surface area contributed by atoms with Crippen molar-refractivity contribution in [3.8, 4) is 0 Å². The fourth-order valence-corrected chi connectivity index (χ4v) is 2.62. The van der Waals surface area contributed by atoms with Crippen molar-refractivity contribution in [2.24, 2.45) is 5.92 Å². The molecule has 0 heterocycles. The predicted octanol–water partition coefficient (Wildman–Crippen LogP) is 4.01. The van der Waals surface area contributed by atoms with Gasteiger partial charge in [0.2, 0.25) is 0 Å². The molecule has 0 spiro atoms. The normalized spacial score (nSPS) is 12.4. The Morgan fingerprint density at radius 3 is 2.25 bits per heavy atom. The van der Waals surface area contributed by atoms with Crippen LogP contribution in [0.2, 0.25) is 0 Å². The van der Waals surface area contributed by atoms with Gasteiger partial charge in [-0.05, 0) is 67.3 Å². The Kier molecular flexibility index (Phi) is 4.97. The van der Waals surface area contributed by atoms with E-state index in [4.69, 9.17) is 0 Å². The van der Waals surface area contributed by atoms with Gasteiger partial charge >= 0.3 is 0 Å². The third kappa shape index (κ3) is 3.71. The highest BCUT2D eigenvalue weighted by molar-refractivity contribution is 5.31. The second-order valence-electron chi connectivity index (χ2n) is 5.80. The first-order valence-corrected chi connectivity index (χ1v) is 7.31. The molecule has 1 N–H and O–H groups in total. The van der Waals surface area contributed by atoms with E-state index in [9.17, 15) is 5.11 Å². The van der Waals surface area contributed by atoms with Gasteiger partial charge in [0, 0.05) is 6.61 Å². The second-order valence-corrected chi connectivity index (χ2v) is 5.80. The molecule has 0 fully saturated rings. The highest BCUT2D eigenvalue weighted by atomic mass is 16.3. The van der Waals surface area contributed by atoms with Crippen LogP contribution in [0.15, 0.2) is 42.5 Å². The van der Waals surface area contributed by atoms with Crippen molar-refractivity contribution in [2.75, 3.05) is 6.61 Å². The number of aliphatic hydroxyl groups is 1. The Balaban J connectivity index is 2.09. The third-order valence-electron chi connectivity index (χ3n) is 4.12. The monoisotopic (exact) mass is 268 g/mol. The van der Waals surface area contributed by atoms with Crippen molar-refractivity contribution in [1.29, 1.82) is 0 Å². The molecule has 0 aliphatic carbocycles. The molecule has 1 nitrogen and oxygen atoms in total. The summed E-state index contributed by atoms with van der Waals surface area (Å²) in [4.78, 5) is 0. The molecule has 0 radical (unpaired) electrons. The molecule has 0 aliphatic heterocycles. The molecule has 0 aliphatic rings. The summed E-state index contributed by atoms with van der Waals surface area (Å²) in [6.07, 6.45) is 1.88. The van der Waals surface area contributed by atoms with Gasteiger partial charge in [0.05, 0.1) is 0 Å². The van der Waals surface area contributed by atoms with E-state index >= 15 is 0 Å². The third-order valence-corrected chi connectivity index (χ3v) is 4.12. The van der Waals surface area contributed by atoms with E-state index in [0.717, 1.165) is 12.8 Å². The molecular weight excluding hydrogens is 244 g/mol. The summed E-state index contributed by atoms with van der Waals surface area (Å²) in [6.45, 7) is 6.66. The number of benzene rings is 2. The van der Waals surface area contributed by atoms with Gasteiger partial charge in [0.25, 0.3) is 0 Å². The first-order chi connectivity index (χ1) is 9.60. The molecule has 20 heavy (non-hydrogen) atoms. The topological polar surface area (TPSA) is 20.2 Å². The molecule has 0 amide bonds. The van der Waals surface area contributed by atoms with E-state index in [2.05, 4.69) is 63.2 Å². The maximum absolute atomic E-state index is 9.66. The summed E-state index contributed by atoms with van der Waals surface area (Å²) < 4.78 is 0. The molecule has 2 aromatic carbocycles. The van der Waals surface area contributed by atoms with Gasteiger partial charge in [-0.2, -0.15) is 0 Å². The van der Waals surface area contributed by atoms with E-state index in [1.165, 1.54) is 27.8 Å². The zero-order chi connectivity index (χ0) is 14.5. The molecule has 0 aromatic heterocycles. The van der Waals surface area contributed by atoms with Crippen LogP contribution in [0.25, 0.3) is 0 Å². The second kappa shape index (κ2) is 6.71. The van der Waals surface area contributed by atoms with Gasteiger partial charge in [-0.1, -0.05) is 42.5 Å². The molecule has 0 saturated carbocycles. The highest BCUT2D eigenvalue weighted by Gasteiger charge is 2.11. The largest absolute Gasteiger partial charge is 0.396 e. The molecule has 1 unspecified atom stereocenters. The van der Waals surface area contributed by atoms with Gasteiger partial charge in [-0.3, -0.25) is 0 Å². The standard InChI is InChI=1S/C19H24O/c1-14-8-9-17(10-16(14)3)11-18(13-20)12-19-7-5-4-6-15(19)2/h4-10,18,20H,11-13H2,1-3H3. The van der Waals surface area contributed by atoms with Gasteiger partial charge in [-0.25, -0.2) is 0 Å². The average molecular weight is 268 g/mol. The summed E-state index contributed by atoms with van der Waals surface area (Å²) in [7, 11) is 0. The minimum atomic E-state index is 0.237. The van der Waals surface area contributed by atoms with Crippen molar-refractivity contribution < 1.29 is 5.11 Å². The first-order valence-electron chi connectivity index (χ1n) is 7.31. The molecule has 2 rings (SSSR count). The van der Waals surface area contributed by atoms with Crippen molar-refractivity contribution in [1.82, 2.24) is 0 Å². The summed E-state index contributed by atoms with van der Waals surface area (Å²) in [5.74, 6) is 0.290. The van der Waals surface area contributed by atoms with Crippen LogP contribution in [-0.4, -0.2) is 11.7 Å². The zero-order valence-corrected chi connectivity index (χ0v) is 12.7. The minimum absolute atomic E-state index is 0.237. The Morgan fingerprint density at radius 1 is 0.850 bits per heavy atom. The van der Waals surface area contributed by atoms with Gasteiger partial charge in [0.15, 0.2) is 0 Å². The lowest BCUT2D eigenvalue weighted by Crippen LogP contribution is -2.13. The molecule has 1 heteroatoms. The molecule has 106 valence electrons. The maximum Gasteiger partial charge on any atom is 0.0465 e. The van der Waals surface area contributed by atoms with Crippen LogP contribution < -0.4 is 0 Å². The van der Waals surface area contributed by atoms with Crippen LogP contribution in [0.4, 0.5) is 0 Å². The lowest BCUT2D eigenvalue weighted by molar-refractivity contribution is 0.225. The van der Waals surface area contributed by atoms with E-state index in [1.807, 2.05) is 0 Å². The Labute approximate surface area is 122 Å². The van der Waals surface area contributed by atoms with Gasteiger partial charge in [0.1, 0.15) is 0 Å². The predicted molar refractivity (Wildman–Crippen MR) is 85.1 cm³/mol. The fourth-order valence-electron chi connectivity index (χ4n) is 2.62. The van der Waals surface area contributed by atoms with Crippen LogP contribution in [0, 0.1) is 26.7 Å². The quantitative estimate of drug-likeness (QED) is 0.869. The van der Waals surface area contributed by atoms with Crippen molar-refractivity contribution in [3.05, 3.63) is 70.3 Å². The number of aryl methyl sites for hydroxylation is 3. The van der Waals surface area contributed by atoms with Crippen LogP contribution in [-0.2, 0) is 12.8 Å². The number of hydrogen-bond donors (Lipinski definition) is 1. The molecule has 0 saturated heterocycles. The van der Waals surface area contributed by atoms with Crippen molar-refractivity contribution in [2.45, 2.75) is 33.6 Å². The highest BCUT2D eigenvalue weighted by Crippen LogP contribution is 2.19. The number of aliphatic hydroxyl groups excluding tert-OH is 1. The summed E-state index contributed by atoms with van der Waals surface area (Å²) in [6, 6.07) is 15.0. The Hall–Kier alpha value is -1.60.